The van der Waals surface area contributed by atoms with Gasteiger partial charge in [-0.2, -0.15) is 0 Å². The highest BCUT2D eigenvalue weighted by Gasteiger charge is 1.82. The van der Waals surface area contributed by atoms with Gasteiger partial charge in [-0.05, 0) is 12.2 Å². The maximum Gasteiger partial charge on any atom is 0.0951 e. The van der Waals surface area contributed by atoms with Crippen LogP contribution in [0.15, 0.2) is 0 Å². The zero-order valence-electron chi connectivity index (χ0n) is 5.14. The molecule has 0 unspecified atom stereocenters. The second-order valence-corrected chi connectivity index (χ2v) is 3.00. The molecule has 0 rings (SSSR count). The Balaban J connectivity index is 2.62. The molecule has 0 amide bonds. The van der Waals surface area contributed by atoms with Gasteiger partial charge in [-0.15, -0.1) is 11.8 Å². The minimum absolute atomic E-state index is 1.15. The topological polar surface area (TPSA) is 0 Å². The van der Waals surface area contributed by atoms with Crippen LogP contribution in [0.1, 0.15) is 26.2 Å². The molecule has 0 aromatic heterocycles. The van der Waals surface area contributed by atoms with Crippen LogP contribution >= 0.6 is 24.0 Å². The van der Waals surface area contributed by atoms with Gasteiger partial charge in [0.15, 0.2) is 0 Å². The van der Waals surface area contributed by atoms with E-state index in [1.54, 1.807) is 11.8 Å². The number of thioether (sulfide) groups is 1. The average molecular weight is 147 g/mol. The summed E-state index contributed by atoms with van der Waals surface area (Å²) in [6.07, 6.45) is 3.90. The van der Waals surface area contributed by atoms with Crippen LogP contribution in [0.2, 0.25) is 0 Å². The van der Waals surface area contributed by atoms with Crippen molar-refractivity contribution in [2.75, 3.05) is 5.75 Å². The molecule has 0 saturated carbocycles. The zero-order chi connectivity index (χ0) is 6.24. The number of thiocarbonyl (C=S) groups is 1. The van der Waals surface area contributed by atoms with Crippen molar-refractivity contribution in [3.8, 4) is 0 Å². The van der Waals surface area contributed by atoms with E-state index in [1.165, 1.54) is 19.3 Å². The lowest BCUT2D eigenvalue weighted by atomic mass is 10.3. The molecular formula is C6H11S2. The smallest absolute Gasteiger partial charge is 0.0951 e. The van der Waals surface area contributed by atoms with Crippen LogP contribution in [0.4, 0.5) is 0 Å². The van der Waals surface area contributed by atoms with E-state index in [0.29, 0.717) is 0 Å². The second kappa shape index (κ2) is 7.44. The van der Waals surface area contributed by atoms with Gasteiger partial charge in [0.25, 0.3) is 0 Å². The lowest BCUT2D eigenvalue weighted by Crippen LogP contribution is -1.76. The predicted molar refractivity (Wildman–Crippen MR) is 44.6 cm³/mol. The lowest BCUT2D eigenvalue weighted by molar-refractivity contribution is 0.779. The van der Waals surface area contributed by atoms with Gasteiger partial charge in [-0.3, -0.25) is 0 Å². The molecule has 8 heavy (non-hydrogen) atoms. The maximum absolute atomic E-state index is 4.51. The third kappa shape index (κ3) is 6.44. The van der Waals surface area contributed by atoms with Crippen molar-refractivity contribution in [1.82, 2.24) is 0 Å². The quantitative estimate of drug-likeness (QED) is 0.433. The highest BCUT2D eigenvalue weighted by molar-refractivity contribution is 8.20. The summed E-state index contributed by atoms with van der Waals surface area (Å²) in [5.74, 6) is 1.15. The first kappa shape index (κ1) is 8.44. The summed E-state index contributed by atoms with van der Waals surface area (Å²) < 4.78 is 2.63. The highest BCUT2D eigenvalue weighted by atomic mass is 32.2. The maximum atomic E-state index is 4.51. The predicted octanol–water partition coefficient (Wildman–Crippen LogP) is 2.74. The molecule has 0 heterocycles. The van der Waals surface area contributed by atoms with E-state index < -0.39 is 0 Å². The molecule has 0 aliphatic rings. The number of hydrogen-bond acceptors (Lipinski definition) is 2. The van der Waals surface area contributed by atoms with Crippen LogP contribution in [-0.2, 0) is 0 Å². The van der Waals surface area contributed by atoms with E-state index in [0.717, 1.165) is 5.75 Å². The van der Waals surface area contributed by atoms with Crippen molar-refractivity contribution >= 4 is 28.7 Å². The van der Waals surface area contributed by atoms with E-state index >= 15 is 0 Å². The summed E-state index contributed by atoms with van der Waals surface area (Å²) in [4.78, 5) is 0. The lowest BCUT2D eigenvalue weighted by Gasteiger charge is -1.90. The first-order chi connectivity index (χ1) is 3.91. The molecule has 0 saturated heterocycles. The van der Waals surface area contributed by atoms with Crippen molar-refractivity contribution < 1.29 is 0 Å². The van der Waals surface area contributed by atoms with Crippen LogP contribution < -0.4 is 0 Å². The van der Waals surface area contributed by atoms with Gasteiger partial charge in [0.2, 0.25) is 0 Å². The molecule has 0 aromatic carbocycles. The van der Waals surface area contributed by atoms with E-state index in [-0.39, 0.29) is 0 Å². The third-order valence-corrected chi connectivity index (χ3v) is 1.87. The molecule has 0 spiro atoms. The van der Waals surface area contributed by atoms with Gasteiger partial charge >= 0.3 is 0 Å². The summed E-state index contributed by atoms with van der Waals surface area (Å²) in [6.45, 7) is 2.20. The monoisotopic (exact) mass is 147 g/mol. The van der Waals surface area contributed by atoms with Crippen molar-refractivity contribution in [3.63, 3.8) is 0 Å². The normalized spacial score (nSPS) is 9.12. The minimum Gasteiger partial charge on any atom is -0.113 e. The number of hydrogen-bond donors (Lipinski definition) is 0. The fourth-order valence-corrected chi connectivity index (χ4v) is 1.15. The van der Waals surface area contributed by atoms with E-state index in [1.807, 2.05) is 0 Å². The Morgan fingerprint density at radius 1 is 1.50 bits per heavy atom. The van der Waals surface area contributed by atoms with Crippen LogP contribution in [0.3, 0.4) is 0 Å². The number of rotatable bonds is 5. The van der Waals surface area contributed by atoms with Gasteiger partial charge in [-0.1, -0.05) is 32.0 Å². The Kier molecular flexibility index (Phi) is 7.85. The summed E-state index contributed by atoms with van der Waals surface area (Å²) in [5, 5.41) is 0. The Hall–Kier alpha value is 0.440. The molecule has 0 aromatic rings. The molecule has 0 aliphatic carbocycles. The highest BCUT2D eigenvalue weighted by Crippen LogP contribution is 2.02. The average Bonchev–Trinajstić information content (AvgIpc) is 1.81. The van der Waals surface area contributed by atoms with E-state index in [2.05, 4.69) is 23.8 Å². The fourth-order valence-electron chi connectivity index (χ4n) is 0.466. The first-order valence-electron chi connectivity index (χ1n) is 2.90. The summed E-state index contributed by atoms with van der Waals surface area (Å²) in [6, 6.07) is 0. The Morgan fingerprint density at radius 3 is 2.75 bits per heavy atom. The van der Waals surface area contributed by atoms with Crippen molar-refractivity contribution in [2.24, 2.45) is 0 Å². The van der Waals surface area contributed by atoms with Crippen LogP contribution in [0.25, 0.3) is 0 Å². The molecule has 1 radical (unpaired) electrons. The third-order valence-electron chi connectivity index (χ3n) is 0.909. The largest absolute Gasteiger partial charge is 0.113 e. The van der Waals surface area contributed by atoms with Gasteiger partial charge in [-0.25, -0.2) is 0 Å². The molecule has 0 bridgehead atoms. The summed E-state index contributed by atoms with van der Waals surface area (Å²) in [7, 11) is 0. The summed E-state index contributed by atoms with van der Waals surface area (Å²) >= 11 is 6.13. The van der Waals surface area contributed by atoms with E-state index in [9.17, 15) is 0 Å². The van der Waals surface area contributed by atoms with Crippen LogP contribution in [-0.4, -0.2) is 10.5 Å². The van der Waals surface area contributed by atoms with Crippen molar-refractivity contribution in [2.45, 2.75) is 26.2 Å². The Labute approximate surface area is 61.0 Å². The SMILES string of the molecule is CCCCCS[C]=S. The molecule has 0 fully saturated rings. The summed E-state index contributed by atoms with van der Waals surface area (Å²) in [5.41, 5.74) is 0. The van der Waals surface area contributed by atoms with Gasteiger partial charge in [0, 0.05) is 0 Å². The van der Waals surface area contributed by atoms with Crippen molar-refractivity contribution in [1.29, 1.82) is 0 Å². The standard InChI is InChI=1S/C6H11S2/c1-2-3-4-5-8-6-7/h2-5H2,1H3. The molecule has 0 atom stereocenters. The molecule has 47 valence electrons. The Bertz CT molecular complexity index is 52.5. The molecule has 0 aliphatic heterocycles. The fraction of sp³-hybridized carbons (Fsp3) is 0.833. The van der Waals surface area contributed by atoms with Gasteiger partial charge < -0.3 is 0 Å². The first-order valence-corrected chi connectivity index (χ1v) is 4.30. The zero-order valence-corrected chi connectivity index (χ0v) is 6.78. The molecular weight excluding hydrogens is 136 g/mol. The Morgan fingerprint density at radius 2 is 2.25 bits per heavy atom. The van der Waals surface area contributed by atoms with Crippen molar-refractivity contribution in [3.05, 3.63) is 0 Å². The van der Waals surface area contributed by atoms with Crippen LogP contribution in [0, 0.1) is 0 Å². The minimum atomic E-state index is 1.15. The van der Waals surface area contributed by atoms with Gasteiger partial charge in [0.1, 0.15) is 0 Å². The molecule has 2 heteroatoms. The molecule has 0 nitrogen and oxygen atoms in total. The van der Waals surface area contributed by atoms with Gasteiger partial charge in [0.05, 0.1) is 4.70 Å². The molecule has 0 N–H and O–H groups in total. The number of unbranched alkanes of at least 4 members (excludes halogenated alkanes) is 2. The second-order valence-electron chi connectivity index (χ2n) is 1.64. The van der Waals surface area contributed by atoms with E-state index in [4.69, 9.17) is 0 Å². The van der Waals surface area contributed by atoms with Crippen LogP contribution in [0.5, 0.6) is 0 Å².